The van der Waals surface area contributed by atoms with Crippen LogP contribution < -0.4 is 11.1 Å². The predicted octanol–water partition coefficient (Wildman–Crippen LogP) is 2.44. The number of amides is 1. The van der Waals surface area contributed by atoms with Gasteiger partial charge in [-0.3, -0.25) is 4.79 Å². The van der Waals surface area contributed by atoms with E-state index in [0.29, 0.717) is 24.1 Å². The number of carbonyl (C=O) groups excluding carboxylic acids is 1. The van der Waals surface area contributed by atoms with Gasteiger partial charge in [-0.2, -0.15) is 0 Å². The number of furan rings is 1. The summed E-state index contributed by atoms with van der Waals surface area (Å²) in [6, 6.07) is 3.74. The van der Waals surface area contributed by atoms with Gasteiger partial charge < -0.3 is 15.5 Å². The van der Waals surface area contributed by atoms with Gasteiger partial charge in [-0.25, -0.2) is 0 Å². The van der Waals surface area contributed by atoms with Crippen LogP contribution in [0.25, 0.3) is 0 Å². The number of carbonyl (C=O) groups is 1. The highest BCUT2D eigenvalue weighted by Crippen LogP contribution is 2.26. The van der Waals surface area contributed by atoms with E-state index in [1.165, 1.54) is 19.3 Å². The molecule has 0 radical (unpaired) electrons. The van der Waals surface area contributed by atoms with Crippen LogP contribution in [0, 0.1) is 5.92 Å². The van der Waals surface area contributed by atoms with Crippen LogP contribution in [0.15, 0.2) is 16.5 Å². The van der Waals surface area contributed by atoms with Gasteiger partial charge in [0.05, 0.1) is 6.54 Å². The SMILES string of the molecule is CCC1CCCC(NC(=O)c2ccc(CN)o2)C1. The third kappa shape index (κ3) is 3.13. The molecule has 0 bridgehead atoms. The van der Waals surface area contributed by atoms with Crippen LogP contribution in [-0.2, 0) is 6.54 Å². The summed E-state index contributed by atoms with van der Waals surface area (Å²) in [6.07, 6.45) is 5.86. The first-order chi connectivity index (χ1) is 8.72. The van der Waals surface area contributed by atoms with Crippen molar-refractivity contribution in [1.82, 2.24) is 5.32 Å². The summed E-state index contributed by atoms with van der Waals surface area (Å²) in [6.45, 7) is 2.55. The molecular weight excluding hydrogens is 228 g/mol. The molecule has 1 aliphatic rings. The lowest BCUT2D eigenvalue weighted by molar-refractivity contribution is 0.0889. The second-order valence-corrected chi connectivity index (χ2v) is 5.08. The number of hydrogen-bond donors (Lipinski definition) is 2. The smallest absolute Gasteiger partial charge is 0.287 e. The molecule has 2 rings (SSSR count). The van der Waals surface area contributed by atoms with Crippen molar-refractivity contribution >= 4 is 5.91 Å². The van der Waals surface area contributed by atoms with Crippen molar-refractivity contribution in [1.29, 1.82) is 0 Å². The van der Waals surface area contributed by atoms with Crippen molar-refractivity contribution in [3.05, 3.63) is 23.7 Å². The Morgan fingerprint density at radius 3 is 3.00 bits per heavy atom. The van der Waals surface area contributed by atoms with Crippen molar-refractivity contribution in [3.8, 4) is 0 Å². The largest absolute Gasteiger partial charge is 0.455 e. The maximum atomic E-state index is 12.0. The molecule has 0 spiro atoms. The van der Waals surface area contributed by atoms with Crippen LogP contribution in [-0.4, -0.2) is 11.9 Å². The van der Waals surface area contributed by atoms with Gasteiger partial charge in [0, 0.05) is 6.04 Å². The Kier molecular flexibility index (Phi) is 4.42. The van der Waals surface area contributed by atoms with Crippen LogP contribution >= 0.6 is 0 Å². The lowest BCUT2D eigenvalue weighted by Crippen LogP contribution is -2.38. The Morgan fingerprint density at radius 2 is 2.33 bits per heavy atom. The molecule has 1 aromatic rings. The third-order valence-electron chi connectivity index (χ3n) is 3.78. The van der Waals surface area contributed by atoms with E-state index in [9.17, 15) is 4.79 Å². The Balaban J connectivity index is 1.90. The molecule has 2 atom stereocenters. The lowest BCUT2D eigenvalue weighted by Gasteiger charge is -2.28. The molecule has 100 valence electrons. The average Bonchev–Trinajstić information content (AvgIpc) is 2.88. The van der Waals surface area contributed by atoms with Crippen LogP contribution in [0.4, 0.5) is 0 Å². The highest BCUT2D eigenvalue weighted by Gasteiger charge is 2.23. The molecule has 3 N–H and O–H groups in total. The second kappa shape index (κ2) is 6.05. The minimum Gasteiger partial charge on any atom is -0.455 e. The van der Waals surface area contributed by atoms with Gasteiger partial charge in [0.1, 0.15) is 5.76 Å². The van der Waals surface area contributed by atoms with Gasteiger partial charge in [0.15, 0.2) is 5.76 Å². The molecule has 1 heterocycles. The molecule has 4 heteroatoms. The molecule has 2 unspecified atom stereocenters. The molecule has 0 aliphatic heterocycles. The Labute approximate surface area is 108 Å². The van der Waals surface area contributed by atoms with E-state index in [0.717, 1.165) is 18.8 Å². The van der Waals surface area contributed by atoms with E-state index >= 15 is 0 Å². The van der Waals surface area contributed by atoms with Crippen molar-refractivity contribution < 1.29 is 9.21 Å². The normalized spacial score (nSPS) is 23.9. The van der Waals surface area contributed by atoms with Crippen molar-refractivity contribution in [3.63, 3.8) is 0 Å². The Hall–Kier alpha value is -1.29. The zero-order chi connectivity index (χ0) is 13.0. The molecular formula is C14H22N2O2. The highest BCUT2D eigenvalue weighted by molar-refractivity contribution is 5.91. The van der Waals surface area contributed by atoms with E-state index in [2.05, 4.69) is 12.2 Å². The van der Waals surface area contributed by atoms with Gasteiger partial charge >= 0.3 is 0 Å². The minimum absolute atomic E-state index is 0.114. The molecule has 1 amide bonds. The summed E-state index contributed by atoms with van der Waals surface area (Å²) < 4.78 is 5.35. The van der Waals surface area contributed by atoms with Gasteiger partial charge in [0.2, 0.25) is 0 Å². The first kappa shape index (κ1) is 13.1. The van der Waals surface area contributed by atoms with Crippen LogP contribution in [0.5, 0.6) is 0 Å². The molecule has 18 heavy (non-hydrogen) atoms. The first-order valence-corrected chi connectivity index (χ1v) is 6.82. The molecule has 1 fully saturated rings. The zero-order valence-electron chi connectivity index (χ0n) is 10.9. The molecule has 0 saturated heterocycles. The topological polar surface area (TPSA) is 68.3 Å². The van der Waals surface area contributed by atoms with E-state index in [-0.39, 0.29) is 5.91 Å². The van der Waals surface area contributed by atoms with Gasteiger partial charge in [-0.05, 0) is 30.9 Å². The second-order valence-electron chi connectivity index (χ2n) is 5.08. The van der Waals surface area contributed by atoms with E-state index < -0.39 is 0 Å². The maximum Gasteiger partial charge on any atom is 0.287 e. The van der Waals surface area contributed by atoms with Crippen LogP contribution in [0.1, 0.15) is 55.3 Å². The summed E-state index contributed by atoms with van der Waals surface area (Å²) >= 11 is 0. The maximum absolute atomic E-state index is 12.0. The number of nitrogens with two attached hydrogens (primary N) is 1. The number of rotatable bonds is 4. The fraction of sp³-hybridized carbons (Fsp3) is 0.643. The quantitative estimate of drug-likeness (QED) is 0.862. The number of nitrogens with one attached hydrogen (secondary N) is 1. The van der Waals surface area contributed by atoms with Crippen LogP contribution in [0.3, 0.4) is 0 Å². The number of hydrogen-bond acceptors (Lipinski definition) is 3. The van der Waals surface area contributed by atoms with E-state index in [4.69, 9.17) is 10.2 Å². The van der Waals surface area contributed by atoms with Gasteiger partial charge in [-0.1, -0.05) is 26.2 Å². The standard InChI is InChI=1S/C14H22N2O2/c1-2-10-4-3-5-11(8-10)16-14(17)13-7-6-12(9-15)18-13/h6-7,10-11H,2-5,8-9,15H2,1H3,(H,16,17). The molecule has 1 saturated carbocycles. The molecule has 4 nitrogen and oxygen atoms in total. The molecule has 0 aromatic carbocycles. The summed E-state index contributed by atoms with van der Waals surface area (Å²) in [4.78, 5) is 12.0. The minimum atomic E-state index is -0.114. The summed E-state index contributed by atoms with van der Waals surface area (Å²) in [5, 5.41) is 3.06. The predicted molar refractivity (Wildman–Crippen MR) is 70.1 cm³/mol. The molecule has 1 aromatic heterocycles. The van der Waals surface area contributed by atoms with Crippen molar-refractivity contribution in [2.75, 3.05) is 0 Å². The monoisotopic (exact) mass is 250 g/mol. The van der Waals surface area contributed by atoms with Gasteiger partial charge in [0.25, 0.3) is 5.91 Å². The molecule has 1 aliphatic carbocycles. The average molecular weight is 250 g/mol. The van der Waals surface area contributed by atoms with Crippen molar-refractivity contribution in [2.45, 2.75) is 51.6 Å². The summed E-state index contributed by atoms with van der Waals surface area (Å²) in [7, 11) is 0. The van der Waals surface area contributed by atoms with Gasteiger partial charge in [-0.15, -0.1) is 0 Å². The van der Waals surface area contributed by atoms with E-state index in [1.807, 2.05) is 0 Å². The highest BCUT2D eigenvalue weighted by atomic mass is 16.4. The Bertz CT molecular complexity index is 400. The van der Waals surface area contributed by atoms with Crippen LogP contribution in [0.2, 0.25) is 0 Å². The first-order valence-electron chi connectivity index (χ1n) is 6.82. The Morgan fingerprint density at radius 1 is 1.50 bits per heavy atom. The van der Waals surface area contributed by atoms with E-state index in [1.54, 1.807) is 12.1 Å². The lowest BCUT2D eigenvalue weighted by atomic mass is 9.84. The fourth-order valence-electron chi connectivity index (χ4n) is 2.66. The fourth-order valence-corrected chi connectivity index (χ4v) is 2.66. The zero-order valence-corrected chi connectivity index (χ0v) is 10.9. The summed E-state index contributed by atoms with van der Waals surface area (Å²) in [5.41, 5.74) is 5.46. The summed E-state index contributed by atoms with van der Waals surface area (Å²) in [5.74, 6) is 1.65. The third-order valence-corrected chi connectivity index (χ3v) is 3.78. The van der Waals surface area contributed by atoms with Crippen molar-refractivity contribution in [2.24, 2.45) is 11.7 Å².